The SMILES string of the molecule is CC1CCN(CCCNC(=O)N2CCC[C@H]2CO)CC1. The Balaban J connectivity index is 1.57. The largest absolute Gasteiger partial charge is 0.394 e. The molecule has 2 amide bonds. The van der Waals surface area contributed by atoms with Gasteiger partial charge in [0, 0.05) is 13.1 Å². The Morgan fingerprint density at radius 1 is 1.25 bits per heavy atom. The second-order valence-electron chi connectivity index (χ2n) is 6.28. The van der Waals surface area contributed by atoms with Crippen LogP contribution in [-0.2, 0) is 0 Å². The molecule has 5 nitrogen and oxygen atoms in total. The molecule has 5 heteroatoms. The number of aliphatic hydroxyl groups excluding tert-OH is 1. The highest BCUT2D eigenvalue weighted by Gasteiger charge is 2.27. The van der Waals surface area contributed by atoms with Crippen LogP contribution < -0.4 is 5.32 Å². The minimum absolute atomic E-state index is 0.00573. The molecule has 116 valence electrons. The third-order valence-electron chi connectivity index (χ3n) is 4.65. The van der Waals surface area contributed by atoms with Gasteiger partial charge in [-0.3, -0.25) is 0 Å². The van der Waals surface area contributed by atoms with Crippen molar-refractivity contribution in [3.8, 4) is 0 Å². The number of amides is 2. The molecule has 2 fully saturated rings. The zero-order chi connectivity index (χ0) is 14.4. The summed E-state index contributed by atoms with van der Waals surface area (Å²) in [5.41, 5.74) is 0. The number of hydrogen-bond donors (Lipinski definition) is 2. The van der Waals surface area contributed by atoms with Crippen LogP contribution in [0.3, 0.4) is 0 Å². The average Bonchev–Trinajstić information content (AvgIpc) is 2.94. The van der Waals surface area contributed by atoms with Crippen molar-refractivity contribution in [1.29, 1.82) is 0 Å². The van der Waals surface area contributed by atoms with Crippen molar-refractivity contribution >= 4 is 6.03 Å². The van der Waals surface area contributed by atoms with E-state index in [-0.39, 0.29) is 18.7 Å². The number of likely N-dealkylation sites (tertiary alicyclic amines) is 2. The highest BCUT2D eigenvalue weighted by molar-refractivity contribution is 5.74. The van der Waals surface area contributed by atoms with Crippen LogP contribution in [0, 0.1) is 5.92 Å². The third kappa shape index (κ3) is 4.35. The summed E-state index contributed by atoms with van der Waals surface area (Å²) >= 11 is 0. The molecule has 2 saturated heterocycles. The van der Waals surface area contributed by atoms with Gasteiger partial charge in [0.15, 0.2) is 0 Å². The van der Waals surface area contributed by atoms with Crippen molar-refractivity contribution in [3.63, 3.8) is 0 Å². The zero-order valence-electron chi connectivity index (χ0n) is 12.7. The van der Waals surface area contributed by atoms with Crippen molar-refractivity contribution < 1.29 is 9.90 Å². The lowest BCUT2D eigenvalue weighted by atomic mass is 9.99. The molecule has 0 unspecified atom stereocenters. The number of piperidine rings is 1. The summed E-state index contributed by atoms with van der Waals surface area (Å²) in [7, 11) is 0. The van der Waals surface area contributed by atoms with Gasteiger partial charge in [0.25, 0.3) is 0 Å². The van der Waals surface area contributed by atoms with Gasteiger partial charge in [-0.15, -0.1) is 0 Å². The van der Waals surface area contributed by atoms with E-state index >= 15 is 0 Å². The Morgan fingerprint density at radius 3 is 2.70 bits per heavy atom. The van der Waals surface area contributed by atoms with Crippen molar-refractivity contribution in [3.05, 3.63) is 0 Å². The normalized spacial score (nSPS) is 25.1. The van der Waals surface area contributed by atoms with E-state index in [1.807, 2.05) is 0 Å². The number of carbonyl (C=O) groups is 1. The molecule has 20 heavy (non-hydrogen) atoms. The molecule has 2 heterocycles. The summed E-state index contributed by atoms with van der Waals surface area (Å²) in [5, 5.41) is 12.2. The van der Waals surface area contributed by atoms with Crippen molar-refractivity contribution in [2.24, 2.45) is 5.92 Å². The van der Waals surface area contributed by atoms with E-state index in [1.54, 1.807) is 4.90 Å². The van der Waals surface area contributed by atoms with Crippen LogP contribution in [0.15, 0.2) is 0 Å². The Bertz CT molecular complexity index is 303. The van der Waals surface area contributed by atoms with E-state index in [1.165, 1.54) is 25.9 Å². The maximum Gasteiger partial charge on any atom is 0.317 e. The van der Waals surface area contributed by atoms with Gasteiger partial charge in [0.1, 0.15) is 0 Å². The molecule has 2 aliphatic heterocycles. The lowest BCUT2D eigenvalue weighted by Gasteiger charge is -2.30. The summed E-state index contributed by atoms with van der Waals surface area (Å²) in [6.07, 6.45) is 5.55. The molecular weight excluding hydrogens is 254 g/mol. The average molecular weight is 283 g/mol. The van der Waals surface area contributed by atoms with Crippen LogP contribution in [-0.4, -0.2) is 66.3 Å². The molecule has 2 N–H and O–H groups in total. The van der Waals surface area contributed by atoms with Crippen molar-refractivity contribution in [1.82, 2.24) is 15.1 Å². The number of hydrogen-bond acceptors (Lipinski definition) is 3. The standard InChI is InChI=1S/C15H29N3O2/c1-13-5-10-17(11-6-13)8-3-7-16-15(20)18-9-2-4-14(18)12-19/h13-14,19H,2-12H2,1H3,(H,16,20)/t14-/m0/s1. The Labute approximate surface area is 122 Å². The number of aliphatic hydroxyl groups is 1. The minimum atomic E-state index is -0.00573. The molecular formula is C15H29N3O2. The zero-order valence-corrected chi connectivity index (χ0v) is 12.7. The molecule has 0 spiro atoms. The maximum atomic E-state index is 12.0. The van der Waals surface area contributed by atoms with Crippen LogP contribution in [0.5, 0.6) is 0 Å². The van der Waals surface area contributed by atoms with Crippen molar-refractivity contribution in [2.75, 3.05) is 39.3 Å². The molecule has 0 aromatic heterocycles. The molecule has 0 saturated carbocycles. The highest BCUT2D eigenvalue weighted by atomic mass is 16.3. The summed E-state index contributed by atoms with van der Waals surface area (Å²) in [6, 6.07) is 0.0207. The Kier molecular flexibility index (Phi) is 6.10. The first-order chi connectivity index (χ1) is 9.70. The van der Waals surface area contributed by atoms with E-state index in [9.17, 15) is 9.90 Å². The molecule has 0 bridgehead atoms. The van der Waals surface area contributed by atoms with Crippen LogP contribution in [0.1, 0.15) is 39.0 Å². The Hall–Kier alpha value is -0.810. The summed E-state index contributed by atoms with van der Waals surface area (Å²) in [5.74, 6) is 0.872. The smallest absolute Gasteiger partial charge is 0.317 e. The van der Waals surface area contributed by atoms with Crippen LogP contribution in [0.2, 0.25) is 0 Å². The lowest BCUT2D eigenvalue weighted by Crippen LogP contribution is -2.45. The van der Waals surface area contributed by atoms with Gasteiger partial charge in [-0.2, -0.15) is 0 Å². The fourth-order valence-electron chi connectivity index (χ4n) is 3.18. The van der Waals surface area contributed by atoms with Gasteiger partial charge in [-0.05, 0) is 57.7 Å². The van der Waals surface area contributed by atoms with Crippen molar-refractivity contribution in [2.45, 2.75) is 45.1 Å². The van der Waals surface area contributed by atoms with E-state index in [2.05, 4.69) is 17.1 Å². The fourth-order valence-corrected chi connectivity index (χ4v) is 3.18. The third-order valence-corrected chi connectivity index (χ3v) is 4.65. The number of urea groups is 1. The quantitative estimate of drug-likeness (QED) is 0.747. The van der Waals surface area contributed by atoms with Gasteiger partial charge < -0.3 is 20.2 Å². The van der Waals surface area contributed by atoms with Gasteiger partial charge in [0.05, 0.1) is 12.6 Å². The Morgan fingerprint density at radius 2 is 2.00 bits per heavy atom. The predicted octanol–water partition coefficient (Wildman–Crippen LogP) is 1.27. The van der Waals surface area contributed by atoms with E-state index in [0.717, 1.165) is 44.8 Å². The van der Waals surface area contributed by atoms with Crippen LogP contribution in [0.4, 0.5) is 4.79 Å². The van der Waals surface area contributed by atoms with Gasteiger partial charge >= 0.3 is 6.03 Å². The number of nitrogens with zero attached hydrogens (tertiary/aromatic N) is 2. The first kappa shape index (κ1) is 15.6. The molecule has 0 radical (unpaired) electrons. The number of rotatable bonds is 5. The predicted molar refractivity (Wildman–Crippen MR) is 79.7 cm³/mol. The summed E-state index contributed by atoms with van der Waals surface area (Å²) in [6.45, 7) is 7.41. The molecule has 2 aliphatic rings. The first-order valence-electron chi connectivity index (χ1n) is 8.08. The van der Waals surface area contributed by atoms with E-state index in [0.29, 0.717) is 0 Å². The minimum Gasteiger partial charge on any atom is -0.394 e. The van der Waals surface area contributed by atoms with E-state index < -0.39 is 0 Å². The van der Waals surface area contributed by atoms with Gasteiger partial charge in [-0.1, -0.05) is 6.92 Å². The molecule has 0 aliphatic carbocycles. The molecule has 2 rings (SSSR count). The number of nitrogens with one attached hydrogen (secondary N) is 1. The van der Waals surface area contributed by atoms with Gasteiger partial charge in [-0.25, -0.2) is 4.79 Å². The number of carbonyl (C=O) groups excluding carboxylic acids is 1. The monoisotopic (exact) mass is 283 g/mol. The van der Waals surface area contributed by atoms with Gasteiger partial charge in [0.2, 0.25) is 0 Å². The van der Waals surface area contributed by atoms with E-state index in [4.69, 9.17) is 0 Å². The molecule has 0 aromatic rings. The topological polar surface area (TPSA) is 55.8 Å². The molecule has 1 atom stereocenters. The van der Waals surface area contributed by atoms with Crippen LogP contribution >= 0.6 is 0 Å². The highest BCUT2D eigenvalue weighted by Crippen LogP contribution is 2.17. The fraction of sp³-hybridized carbons (Fsp3) is 0.933. The lowest BCUT2D eigenvalue weighted by molar-refractivity contribution is 0.156. The first-order valence-corrected chi connectivity index (χ1v) is 8.08. The summed E-state index contributed by atoms with van der Waals surface area (Å²) in [4.78, 5) is 16.3. The second kappa shape index (κ2) is 7.84. The summed E-state index contributed by atoms with van der Waals surface area (Å²) < 4.78 is 0. The van der Waals surface area contributed by atoms with Crippen LogP contribution in [0.25, 0.3) is 0 Å². The molecule has 0 aromatic carbocycles. The maximum absolute atomic E-state index is 12.0. The second-order valence-corrected chi connectivity index (χ2v) is 6.28.